The number of para-hydroxylation sites is 1. The van der Waals surface area contributed by atoms with Crippen molar-refractivity contribution in [3.63, 3.8) is 0 Å². The van der Waals surface area contributed by atoms with Gasteiger partial charge in [0.1, 0.15) is 6.07 Å². The van der Waals surface area contributed by atoms with E-state index in [0.717, 1.165) is 42.9 Å². The van der Waals surface area contributed by atoms with Gasteiger partial charge in [-0.2, -0.15) is 5.26 Å². The Kier molecular flexibility index (Phi) is 4.60. The van der Waals surface area contributed by atoms with Crippen molar-refractivity contribution in [2.75, 3.05) is 36.5 Å². The summed E-state index contributed by atoms with van der Waals surface area (Å²) in [5.41, 5.74) is 2.79. The Hall–Kier alpha value is -2.82. The highest BCUT2D eigenvalue weighted by Gasteiger charge is 2.40. The largest absolute Gasteiger partial charge is 0.440 e. The number of anilines is 2. The van der Waals surface area contributed by atoms with Crippen molar-refractivity contribution in [1.29, 1.82) is 5.26 Å². The minimum Gasteiger partial charge on any atom is -0.440 e. The molecule has 7 heteroatoms. The molecule has 0 bridgehead atoms. The SMILES string of the molecule is Cc1cccc(NC(=O)c2ccc(C#N)o2)c1N1CCC2(CC1)OCCO2. The van der Waals surface area contributed by atoms with E-state index < -0.39 is 5.79 Å². The summed E-state index contributed by atoms with van der Waals surface area (Å²) in [5, 5.41) is 11.8. The molecule has 2 fully saturated rings. The fraction of sp³-hybridized carbons (Fsp3) is 0.400. The second kappa shape index (κ2) is 7.06. The van der Waals surface area contributed by atoms with E-state index in [1.807, 2.05) is 31.2 Å². The molecule has 1 aromatic heterocycles. The van der Waals surface area contributed by atoms with Gasteiger partial charge in [-0.25, -0.2) is 0 Å². The third-order valence-electron chi connectivity index (χ3n) is 5.08. The molecule has 0 radical (unpaired) electrons. The average Bonchev–Trinajstić information content (AvgIpc) is 3.33. The first-order chi connectivity index (χ1) is 13.1. The summed E-state index contributed by atoms with van der Waals surface area (Å²) in [6, 6.07) is 10.7. The summed E-state index contributed by atoms with van der Waals surface area (Å²) in [5.74, 6) is -0.587. The quantitative estimate of drug-likeness (QED) is 0.897. The van der Waals surface area contributed by atoms with E-state index in [0.29, 0.717) is 13.2 Å². The normalized spacial score (nSPS) is 18.4. The number of hydrogen-bond donors (Lipinski definition) is 1. The number of amides is 1. The Bertz CT molecular complexity index is 883. The Balaban J connectivity index is 1.53. The zero-order valence-electron chi connectivity index (χ0n) is 15.2. The number of hydrogen-bond acceptors (Lipinski definition) is 6. The number of nitrogens with zero attached hydrogens (tertiary/aromatic N) is 2. The van der Waals surface area contributed by atoms with Gasteiger partial charge in [0.05, 0.1) is 24.6 Å². The van der Waals surface area contributed by atoms with Crippen molar-refractivity contribution in [3.8, 4) is 6.07 Å². The molecule has 1 amide bonds. The molecule has 2 aliphatic rings. The van der Waals surface area contributed by atoms with Crippen LogP contribution in [0.2, 0.25) is 0 Å². The number of furan rings is 1. The summed E-state index contributed by atoms with van der Waals surface area (Å²) < 4.78 is 16.8. The van der Waals surface area contributed by atoms with Crippen molar-refractivity contribution in [2.24, 2.45) is 0 Å². The van der Waals surface area contributed by atoms with Gasteiger partial charge in [-0.15, -0.1) is 0 Å². The van der Waals surface area contributed by atoms with Gasteiger partial charge in [0, 0.05) is 25.9 Å². The van der Waals surface area contributed by atoms with Crippen LogP contribution in [0, 0.1) is 18.3 Å². The number of rotatable bonds is 3. The minimum atomic E-state index is -0.440. The van der Waals surface area contributed by atoms with Crippen molar-refractivity contribution in [3.05, 3.63) is 47.4 Å². The third kappa shape index (κ3) is 3.42. The molecule has 2 aromatic rings. The number of carbonyl (C=O) groups excluding carboxylic acids is 1. The highest BCUT2D eigenvalue weighted by Crippen LogP contribution is 2.37. The third-order valence-corrected chi connectivity index (χ3v) is 5.08. The first-order valence-electron chi connectivity index (χ1n) is 9.04. The molecule has 1 spiro atoms. The Morgan fingerprint density at radius 2 is 1.93 bits per heavy atom. The molecule has 0 saturated carbocycles. The van der Waals surface area contributed by atoms with Gasteiger partial charge in [0.15, 0.2) is 11.5 Å². The maximum atomic E-state index is 12.5. The maximum absolute atomic E-state index is 12.5. The fourth-order valence-electron chi connectivity index (χ4n) is 3.74. The van der Waals surface area contributed by atoms with Gasteiger partial charge in [0.25, 0.3) is 5.91 Å². The molecule has 140 valence electrons. The Morgan fingerprint density at radius 3 is 2.59 bits per heavy atom. The smallest absolute Gasteiger partial charge is 0.291 e. The first-order valence-corrected chi connectivity index (χ1v) is 9.04. The lowest BCUT2D eigenvalue weighted by Crippen LogP contribution is -2.45. The molecule has 1 N–H and O–H groups in total. The molecule has 0 unspecified atom stereocenters. The molecule has 2 aliphatic heterocycles. The standard InChI is InChI=1S/C20H21N3O4/c1-14-3-2-4-16(22-19(24)17-6-5-15(13-21)27-17)18(14)23-9-7-20(8-10-23)25-11-12-26-20/h2-6H,7-12H2,1H3,(H,22,24). The zero-order chi connectivity index (χ0) is 18.9. The van der Waals surface area contributed by atoms with Crippen LogP contribution in [0.25, 0.3) is 0 Å². The van der Waals surface area contributed by atoms with E-state index in [9.17, 15) is 4.79 Å². The Morgan fingerprint density at radius 1 is 1.19 bits per heavy atom. The van der Waals surface area contributed by atoms with Gasteiger partial charge >= 0.3 is 0 Å². The summed E-state index contributed by atoms with van der Waals surface area (Å²) in [6.07, 6.45) is 1.58. The summed E-state index contributed by atoms with van der Waals surface area (Å²) in [6.45, 7) is 4.90. The van der Waals surface area contributed by atoms with Gasteiger partial charge in [-0.3, -0.25) is 4.79 Å². The van der Waals surface area contributed by atoms with E-state index in [1.165, 1.54) is 12.1 Å². The minimum absolute atomic E-state index is 0.113. The van der Waals surface area contributed by atoms with Gasteiger partial charge in [-0.05, 0) is 30.7 Å². The highest BCUT2D eigenvalue weighted by molar-refractivity contribution is 6.04. The number of piperidine rings is 1. The van der Waals surface area contributed by atoms with E-state index in [4.69, 9.17) is 19.2 Å². The lowest BCUT2D eigenvalue weighted by Gasteiger charge is -2.39. The van der Waals surface area contributed by atoms with Crippen LogP contribution in [-0.4, -0.2) is 38.0 Å². The number of nitriles is 1. The highest BCUT2D eigenvalue weighted by atomic mass is 16.7. The van der Waals surface area contributed by atoms with Crippen molar-refractivity contribution in [1.82, 2.24) is 0 Å². The van der Waals surface area contributed by atoms with E-state index >= 15 is 0 Å². The second-order valence-electron chi connectivity index (χ2n) is 6.80. The van der Waals surface area contributed by atoms with Crippen LogP contribution < -0.4 is 10.2 Å². The molecule has 7 nitrogen and oxygen atoms in total. The molecule has 2 saturated heterocycles. The fourth-order valence-corrected chi connectivity index (χ4v) is 3.74. The lowest BCUT2D eigenvalue weighted by molar-refractivity contribution is -0.169. The van der Waals surface area contributed by atoms with E-state index in [-0.39, 0.29) is 17.4 Å². The summed E-state index contributed by atoms with van der Waals surface area (Å²) >= 11 is 0. The number of carbonyl (C=O) groups is 1. The summed E-state index contributed by atoms with van der Waals surface area (Å²) in [4.78, 5) is 14.8. The van der Waals surface area contributed by atoms with Gasteiger partial charge in [-0.1, -0.05) is 12.1 Å². The summed E-state index contributed by atoms with van der Waals surface area (Å²) in [7, 11) is 0. The maximum Gasteiger partial charge on any atom is 0.291 e. The van der Waals surface area contributed by atoms with Gasteiger partial charge in [0.2, 0.25) is 5.76 Å². The van der Waals surface area contributed by atoms with Crippen LogP contribution in [0.3, 0.4) is 0 Å². The van der Waals surface area contributed by atoms with Crippen LogP contribution in [0.1, 0.15) is 34.7 Å². The first kappa shape index (κ1) is 17.6. The molecule has 0 aliphatic carbocycles. The lowest BCUT2D eigenvalue weighted by atomic mass is 10.0. The van der Waals surface area contributed by atoms with Crippen LogP contribution >= 0.6 is 0 Å². The zero-order valence-corrected chi connectivity index (χ0v) is 15.2. The number of nitrogens with one attached hydrogen (secondary N) is 1. The molecule has 3 heterocycles. The van der Waals surface area contributed by atoms with Crippen LogP contribution in [-0.2, 0) is 9.47 Å². The molecule has 27 heavy (non-hydrogen) atoms. The van der Waals surface area contributed by atoms with E-state index in [2.05, 4.69) is 10.2 Å². The predicted molar refractivity (Wildman–Crippen MR) is 98.6 cm³/mol. The topological polar surface area (TPSA) is 87.7 Å². The number of ether oxygens (including phenoxy) is 2. The molecule has 1 aromatic carbocycles. The number of benzene rings is 1. The van der Waals surface area contributed by atoms with Crippen molar-refractivity contribution in [2.45, 2.75) is 25.6 Å². The average molecular weight is 367 g/mol. The van der Waals surface area contributed by atoms with Crippen LogP contribution in [0.4, 0.5) is 11.4 Å². The molecular formula is C20H21N3O4. The Labute approximate surface area is 157 Å². The van der Waals surface area contributed by atoms with Crippen LogP contribution in [0.5, 0.6) is 0 Å². The van der Waals surface area contributed by atoms with E-state index in [1.54, 1.807) is 0 Å². The van der Waals surface area contributed by atoms with Gasteiger partial charge < -0.3 is 24.1 Å². The van der Waals surface area contributed by atoms with Crippen molar-refractivity contribution < 1.29 is 18.7 Å². The monoisotopic (exact) mass is 367 g/mol. The second-order valence-corrected chi connectivity index (χ2v) is 6.80. The number of aryl methyl sites for hydroxylation is 1. The molecular weight excluding hydrogens is 346 g/mol. The molecule has 0 atom stereocenters. The predicted octanol–water partition coefficient (Wildman–Crippen LogP) is 3.06. The molecule has 4 rings (SSSR count). The van der Waals surface area contributed by atoms with Crippen LogP contribution in [0.15, 0.2) is 34.7 Å². The van der Waals surface area contributed by atoms with Crippen molar-refractivity contribution >= 4 is 17.3 Å².